The van der Waals surface area contributed by atoms with Crippen molar-refractivity contribution in [3.63, 3.8) is 0 Å². The van der Waals surface area contributed by atoms with Crippen LogP contribution in [0.5, 0.6) is 0 Å². The normalized spacial score (nSPS) is 23.8. The Morgan fingerprint density at radius 3 is 2.23 bits per heavy atom. The summed E-state index contributed by atoms with van der Waals surface area (Å²) in [7, 11) is 0. The fraction of sp³-hybridized carbons (Fsp3) is 0.550. The minimum absolute atomic E-state index is 0.0978. The van der Waals surface area contributed by atoms with E-state index < -0.39 is 12.0 Å². The molecule has 1 fully saturated rings. The van der Waals surface area contributed by atoms with Crippen molar-refractivity contribution in [3.05, 3.63) is 35.4 Å². The van der Waals surface area contributed by atoms with E-state index in [0.29, 0.717) is 30.4 Å². The summed E-state index contributed by atoms with van der Waals surface area (Å²) in [5, 5.41) is 12.6. The minimum Gasteiger partial charge on any atom is -0.480 e. The molecule has 0 saturated heterocycles. The summed E-state index contributed by atoms with van der Waals surface area (Å²) < 4.78 is 0. The smallest absolute Gasteiger partial charge is 0.320 e. The highest BCUT2D eigenvalue weighted by atomic mass is 16.4. The fourth-order valence-electron chi connectivity index (χ4n) is 4.01. The molecule has 6 heteroatoms. The molecule has 0 radical (unpaired) electrons. The Labute approximate surface area is 153 Å². The van der Waals surface area contributed by atoms with E-state index in [1.54, 1.807) is 24.3 Å². The molecule has 2 amide bonds. The van der Waals surface area contributed by atoms with Gasteiger partial charge in [-0.15, -0.1) is 0 Å². The third-order valence-electron chi connectivity index (χ3n) is 5.47. The Morgan fingerprint density at radius 1 is 1.15 bits per heavy atom. The van der Waals surface area contributed by atoms with Gasteiger partial charge in [0.05, 0.1) is 11.1 Å². The molecule has 1 heterocycles. The molecule has 1 saturated carbocycles. The van der Waals surface area contributed by atoms with Gasteiger partial charge in [-0.05, 0) is 44.2 Å². The summed E-state index contributed by atoms with van der Waals surface area (Å²) in [4.78, 5) is 38.0. The summed E-state index contributed by atoms with van der Waals surface area (Å²) in [5.74, 6) is -1.21. The third kappa shape index (κ3) is 3.65. The van der Waals surface area contributed by atoms with Gasteiger partial charge in [0.1, 0.15) is 6.04 Å². The maximum absolute atomic E-state index is 12.6. The van der Waals surface area contributed by atoms with Crippen molar-refractivity contribution in [1.29, 1.82) is 0 Å². The number of hydrogen-bond donors (Lipinski definition) is 2. The molecule has 3 rings (SSSR count). The number of benzene rings is 1. The molecule has 1 aromatic carbocycles. The van der Waals surface area contributed by atoms with Gasteiger partial charge in [0.25, 0.3) is 11.8 Å². The Bertz CT molecular complexity index is 660. The van der Waals surface area contributed by atoms with Crippen LogP contribution in [-0.2, 0) is 4.79 Å². The van der Waals surface area contributed by atoms with E-state index >= 15 is 0 Å². The predicted molar refractivity (Wildman–Crippen MR) is 97.1 cm³/mol. The molecule has 140 valence electrons. The maximum Gasteiger partial charge on any atom is 0.320 e. The van der Waals surface area contributed by atoms with E-state index in [9.17, 15) is 19.5 Å². The molecule has 0 spiro atoms. The van der Waals surface area contributed by atoms with Crippen molar-refractivity contribution in [1.82, 2.24) is 10.2 Å². The lowest BCUT2D eigenvalue weighted by molar-refractivity contribution is -0.140. The molecule has 1 unspecified atom stereocenters. The highest BCUT2D eigenvalue weighted by Gasteiger charge is 2.41. The van der Waals surface area contributed by atoms with E-state index in [2.05, 4.69) is 5.32 Å². The van der Waals surface area contributed by atoms with Crippen LogP contribution >= 0.6 is 0 Å². The van der Waals surface area contributed by atoms with Gasteiger partial charge in [0.2, 0.25) is 0 Å². The van der Waals surface area contributed by atoms with Gasteiger partial charge >= 0.3 is 5.97 Å². The molecule has 0 aromatic heterocycles. The fourth-order valence-corrected chi connectivity index (χ4v) is 4.01. The van der Waals surface area contributed by atoms with Gasteiger partial charge in [0.15, 0.2) is 0 Å². The Morgan fingerprint density at radius 2 is 1.73 bits per heavy atom. The molecule has 2 N–H and O–H groups in total. The quantitative estimate of drug-likeness (QED) is 0.732. The van der Waals surface area contributed by atoms with Gasteiger partial charge in [-0.25, -0.2) is 0 Å². The number of unbranched alkanes of at least 4 members (excludes halogenated alkanes) is 1. The minimum atomic E-state index is -0.805. The first-order chi connectivity index (χ1) is 12.5. The standard InChI is InChI=1S/C20H26N2O4/c1-2-3-8-17(20(25)26)21-13-9-11-14(12-10-13)22-18(23)15-6-4-5-7-16(15)19(22)24/h4-7,13-14,17,21H,2-3,8-12H2,1H3,(H,25,26). The molecule has 1 aliphatic heterocycles. The second kappa shape index (κ2) is 7.99. The average molecular weight is 358 g/mol. The number of fused-ring (bicyclic) bond motifs is 1. The van der Waals surface area contributed by atoms with E-state index in [1.165, 1.54) is 4.90 Å². The molecule has 2 aliphatic rings. The zero-order valence-corrected chi connectivity index (χ0v) is 15.1. The first-order valence-electron chi connectivity index (χ1n) is 9.48. The zero-order valence-electron chi connectivity index (χ0n) is 15.1. The molecular formula is C20H26N2O4. The van der Waals surface area contributed by atoms with Crippen LogP contribution in [-0.4, -0.2) is 45.9 Å². The predicted octanol–water partition coefficient (Wildman–Crippen LogP) is 2.83. The van der Waals surface area contributed by atoms with Crippen LogP contribution in [0.1, 0.15) is 72.6 Å². The number of carboxylic acids is 1. The summed E-state index contributed by atoms with van der Waals surface area (Å²) in [6.07, 6.45) is 5.45. The lowest BCUT2D eigenvalue weighted by Crippen LogP contribution is -2.48. The number of rotatable bonds is 7. The number of carboxylic acid groups (broad SMARTS) is 1. The largest absolute Gasteiger partial charge is 0.480 e. The van der Waals surface area contributed by atoms with Gasteiger partial charge in [-0.1, -0.05) is 31.9 Å². The van der Waals surface area contributed by atoms with Crippen molar-refractivity contribution in [2.75, 3.05) is 0 Å². The number of hydrogen-bond acceptors (Lipinski definition) is 4. The highest BCUT2D eigenvalue weighted by Crippen LogP contribution is 2.31. The number of carbonyl (C=O) groups excluding carboxylic acids is 2. The maximum atomic E-state index is 12.6. The van der Waals surface area contributed by atoms with Gasteiger partial charge < -0.3 is 10.4 Å². The van der Waals surface area contributed by atoms with E-state index in [-0.39, 0.29) is 23.9 Å². The number of amides is 2. The summed E-state index contributed by atoms with van der Waals surface area (Å²) in [5.41, 5.74) is 0.978. The summed E-state index contributed by atoms with van der Waals surface area (Å²) >= 11 is 0. The second-order valence-corrected chi connectivity index (χ2v) is 7.23. The Balaban J connectivity index is 1.58. The lowest BCUT2D eigenvalue weighted by atomic mass is 9.89. The molecule has 6 nitrogen and oxygen atoms in total. The SMILES string of the molecule is CCCCC(NC1CCC(N2C(=O)c3ccccc3C2=O)CC1)C(=O)O. The zero-order chi connectivity index (χ0) is 18.7. The van der Waals surface area contributed by atoms with Crippen molar-refractivity contribution in [2.45, 2.75) is 70.0 Å². The van der Waals surface area contributed by atoms with Crippen molar-refractivity contribution in [2.24, 2.45) is 0 Å². The van der Waals surface area contributed by atoms with Crippen LogP contribution in [0.3, 0.4) is 0 Å². The lowest BCUT2D eigenvalue weighted by Gasteiger charge is -2.35. The monoisotopic (exact) mass is 358 g/mol. The van der Waals surface area contributed by atoms with Crippen molar-refractivity contribution < 1.29 is 19.5 Å². The molecule has 1 atom stereocenters. The number of imide groups is 1. The first-order valence-corrected chi connectivity index (χ1v) is 9.48. The van der Waals surface area contributed by atoms with Crippen LogP contribution in [0.2, 0.25) is 0 Å². The summed E-state index contributed by atoms with van der Waals surface area (Å²) in [6, 6.07) is 6.46. The van der Waals surface area contributed by atoms with Crippen LogP contribution in [0.25, 0.3) is 0 Å². The molecular weight excluding hydrogens is 332 g/mol. The number of carbonyl (C=O) groups is 3. The number of nitrogens with one attached hydrogen (secondary N) is 1. The van der Waals surface area contributed by atoms with Crippen molar-refractivity contribution in [3.8, 4) is 0 Å². The Hall–Kier alpha value is -2.21. The van der Waals surface area contributed by atoms with Crippen LogP contribution in [0.15, 0.2) is 24.3 Å². The topological polar surface area (TPSA) is 86.7 Å². The molecule has 0 bridgehead atoms. The number of aliphatic carboxylic acids is 1. The first kappa shape index (κ1) is 18.6. The average Bonchev–Trinajstić information content (AvgIpc) is 2.90. The Kier molecular flexibility index (Phi) is 5.71. The third-order valence-corrected chi connectivity index (χ3v) is 5.47. The molecule has 1 aliphatic carbocycles. The van der Waals surface area contributed by atoms with Crippen LogP contribution < -0.4 is 5.32 Å². The number of nitrogens with zero attached hydrogens (tertiary/aromatic N) is 1. The summed E-state index contributed by atoms with van der Waals surface area (Å²) in [6.45, 7) is 2.05. The molecule has 1 aromatic rings. The van der Waals surface area contributed by atoms with Gasteiger partial charge in [-0.2, -0.15) is 0 Å². The van der Waals surface area contributed by atoms with Gasteiger partial charge in [0, 0.05) is 12.1 Å². The van der Waals surface area contributed by atoms with Gasteiger partial charge in [-0.3, -0.25) is 19.3 Å². The van der Waals surface area contributed by atoms with E-state index in [1.807, 2.05) is 6.92 Å². The highest BCUT2D eigenvalue weighted by molar-refractivity contribution is 6.21. The van der Waals surface area contributed by atoms with Crippen molar-refractivity contribution >= 4 is 17.8 Å². The van der Waals surface area contributed by atoms with E-state index in [0.717, 1.165) is 25.7 Å². The molecule has 26 heavy (non-hydrogen) atoms. The van der Waals surface area contributed by atoms with Crippen LogP contribution in [0, 0.1) is 0 Å². The second-order valence-electron chi connectivity index (χ2n) is 7.23. The van der Waals surface area contributed by atoms with E-state index in [4.69, 9.17) is 0 Å². The van der Waals surface area contributed by atoms with Crippen LogP contribution in [0.4, 0.5) is 0 Å².